The molecule has 74 valence electrons. The largest absolute Gasteiger partial charge is 0.299 e. The molecule has 1 rings (SSSR count). The maximum absolute atomic E-state index is 8.74. The molecule has 1 fully saturated rings. The van der Waals surface area contributed by atoms with Crippen LogP contribution in [0.3, 0.4) is 0 Å². The minimum absolute atomic E-state index is 0.180. The van der Waals surface area contributed by atoms with Gasteiger partial charge in [-0.1, -0.05) is 13.8 Å². The van der Waals surface area contributed by atoms with E-state index in [0.717, 1.165) is 18.5 Å². The van der Waals surface area contributed by atoms with E-state index >= 15 is 0 Å². The molecule has 2 nitrogen and oxygen atoms in total. The predicted octanol–water partition coefficient (Wildman–Crippen LogP) is 2.27. The lowest BCUT2D eigenvalue weighted by atomic mass is 10.1. The molecule has 0 bridgehead atoms. The SMILES string of the molecule is CCC1CC(C)CN1CC(C)C#N. The number of likely N-dealkylation sites (tertiary alicyclic amines) is 1. The van der Waals surface area contributed by atoms with Crippen molar-refractivity contribution in [3.05, 3.63) is 0 Å². The minimum atomic E-state index is 0.180. The summed E-state index contributed by atoms with van der Waals surface area (Å²) in [5, 5.41) is 8.74. The fraction of sp³-hybridized carbons (Fsp3) is 0.909. The highest BCUT2D eigenvalue weighted by atomic mass is 15.2. The maximum atomic E-state index is 8.74. The predicted molar refractivity (Wildman–Crippen MR) is 54.2 cm³/mol. The van der Waals surface area contributed by atoms with Gasteiger partial charge in [0.1, 0.15) is 0 Å². The highest BCUT2D eigenvalue weighted by molar-refractivity contribution is 4.88. The fourth-order valence-corrected chi connectivity index (χ4v) is 2.28. The van der Waals surface area contributed by atoms with Crippen molar-refractivity contribution in [2.45, 2.75) is 39.7 Å². The third kappa shape index (κ3) is 2.70. The van der Waals surface area contributed by atoms with Crippen LogP contribution in [-0.2, 0) is 0 Å². The maximum Gasteiger partial charge on any atom is 0.0666 e. The molecule has 0 amide bonds. The van der Waals surface area contributed by atoms with Crippen LogP contribution in [0, 0.1) is 23.2 Å². The molecule has 1 aliphatic heterocycles. The summed E-state index contributed by atoms with van der Waals surface area (Å²) in [6.07, 6.45) is 2.54. The van der Waals surface area contributed by atoms with E-state index in [4.69, 9.17) is 5.26 Å². The monoisotopic (exact) mass is 180 g/mol. The van der Waals surface area contributed by atoms with Gasteiger partial charge >= 0.3 is 0 Å². The van der Waals surface area contributed by atoms with Gasteiger partial charge < -0.3 is 0 Å². The molecule has 0 aromatic heterocycles. The molecular formula is C11H20N2. The van der Waals surface area contributed by atoms with Crippen molar-refractivity contribution < 1.29 is 0 Å². The van der Waals surface area contributed by atoms with Crippen molar-refractivity contribution in [2.75, 3.05) is 13.1 Å². The summed E-state index contributed by atoms with van der Waals surface area (Å²) in [5.41, 5.74) is 0. The normalized spacial score (nSPS) is 31.5. The first-order chi connectivity index (χ1) is 6.17. The van der Waals surface area contributed by atoms with Crippen molar-refractivity contribution in [3.63, 3.8) is 0 Å². The molecule has 0 N–H and O–H groups in total. The zero-order valence-corrected chi connectivity index (χ0v) is 8.95. The van der Waals surface area contributed by atoms with Crippen molar-refractivity contribution in [1.82, 2.24) is 4.90 Å². The summed E-state index contributed by atoms with van der Waals surface area (Å²) < 4.78 is 0. The molecule has 1 aliphatic rings. The van der Waals surface area contributed by atoms with E-state index in [1.54, 1.807) is 0 Å². The van der Waals surface area contributed by atoms with Gasteiger partial charge in [0.05, 0.1) is 12.0 Å². The minimum Gasteiger partial charge on any atom is -0.299 e. The fourth-order valence-electron chi connectivity index (χ4n) is 2.28. The van der Waals surface area contributed by atoms with E-state index in [0.29, 0.717) is 0 Å². The molecule has 13 heavy (non-hydrogen) atoms. The summed E-state index contributed by atoms with van der Waals surface area (Å²) in [6.45, 7) is 8.70. The zero-order valence-electron chi connectivity index (χ0n) is 8.95. The molecule has 1 heterocycles. The lowest BCUT2D eigenvalue weighted by molar-refractivity contribution is 0.229. The molecule has 0 aromatic rings. The van der Waals surface area contributed by atoms with Crippen LogP contribution in [0.4, 0.5) is 0 Å². The molecule has 3 atom stereocenters. The van der Waals surface area contributed by atoms with Crippen LogP contribution in [0.5, 0.6) is 0 Å². The van der Waals surface area contributed by atoms with Gasteiger partial charge in [-0.25, -0.2) is 0 Å². The third-order valence-corrected chi connectivity index (χ3v) is 2.94. The van der Waals surface area contributed by atoms with Gasteiger partial charge in [-0.15, -0.1) is 0 Å². The lowest BCUT2D eigenvalue weighted by Gasteiger charge is -2.23. The highest BCUT2D eigenvalue weighted by Gasteiger charge is 2.28. The van der Waals surface area contributed by atoms with Crippen molar-refractivity contribution in [1.29, 1.82) is 5.26 Å². The van der Waals surface area contributed by atoms with Crippen LogP contribution in [0.1, 0.15) is 33.6 Å². The summed E-state index contributed by atoms with van der Waals surface area (Å²) in [6, 6.07) is 3.04. The van der Waals surface area contributed by atoms with Gasteiger partial charge in [0.25, 0.3) is 0 Å². The Morgan fingerprint density at radius 2 is 2.31 bits per heavy atom. The topological polar surface area (TPSA) is 27.0 Å². The zero-order chi connectivity index (χ0) is 9.84. The standard InChI is InChI=1S/C11H20N2/c1-4-11-5-9(2)7-13(11)8-10(3)6-12/h9-11H,4-5,7-8H2,1-3H3. The summed E-state index contributed by atoms with van der Waals surface area (Å²) in [5.74, 6) is 0.996. The smallest absolute Gasteiger partial charge is 0.0666 e. The van der Waals surface area contributed by atoms with Crippen molar-refractivity contribution in [3.8, 4) is 6.07 Å². The number of hydrogen-bond acceptors (Lipinski definition) is 2. The summed E-state index contributed by atoms with van der Waals surface area (Å²) in [7, 11) is 0. The van der Waals surface area contributed by atoms with Crippen LogP contribution in [0.25, 0.3) is 0 Å². The Bertz CT molecular complexity index is 195. The van der Waals surface area contributed by atoms with E-state index in [1.165, 1.54) is 19.4 Å². The van der Waals surface area contributed by atoms with E-state index in [1.807, 2.05) is 6.92 Å². The van der Waals surface area contributed by atoms with Crippen molar-refractivity contribution >= 4 is 0 Å². The van der Waals surface area contributed by atoms with Gasteiger partial charge in [-0.2, -0.15) is 5.26 Å². The molecule has 0 aromatic carbocycles. The second-order valence-corrected chi connectivity index (χ2v) is 4.39. The molecule has 0 radical (unpaired) electrons. The third-order valence-electron chi connectivity index (χ3n) is 2.94. The lowest BCUT2D eigenvalue weighted by Crippen LogP contribution is -2.32. The second-order valence-electron chi connectivity index (χ2n) is 4.39. The molecule has 3 unspecified atom stereocenters. The first-order valence-corrected chi connectivity index (χ1v) is 5.31. The second kappa shape index (κ2) is 4.62. The Morgan fingerprint density at radius 1 is 1.62 bits per heavy atom. The van der Waals surface area contributed by atoms with Gasteiger partial charge in [-0.3, -0.25) is 4.90 Å². The Hall–Kier alpha value is -0.550. The number of rotatable bonds is 3. The Morgan fingerprint density at radius 3 is 2.85 bits per heavy atom. The Kier molecular flexibility index (Phi) is 3.74. The molecule has 2 heteroatoms. The quantitative estimate of drug-likeness (QED) is 0.666. The van der Waals surface area contributed by atoms with E-state index in [9.17, 15) is 0 Å². The van der Waals surface area contributed by atoms with E-state index < -0.39 is 0 Å². The van der Waals surface area contributed by atoms with Crippen LogP contribution >= 0.6 is 0 Å². The Balaban J connectivity index is 2.45. The highest BCUT2D eigenvalue weighted by Crippen LogP contribution is 2.25. The number of hydrogen-bond donors (Lipinski definition) is 0. The summed E-state index contributed by atoms with van der Waals surface area (Å²) in [4.78, 5) is 2.48. The first-order valence-electron chi connectivity index (χ1n) is 5.31. The van der Waals surface area contributed by atoms with Gasteiger partial charge in [0.15, 0.2) is 0 Å². The molecule has 1 saturated heterocycles. The van der Waals surface area contributed by atoms with Crippen LogP contribution in [0.2, 0.25) is 0 Å². The number of nitrogens with zero attached hydrogens (tertiary/aromatic N) is 2. The van der Waals surface area contributed by atoms with Gasteiger partial charge in [0.2, 0.25) is 0 Å². The van der Waals surface area contributed by atoms with Gasteiger partial charge in [-0.05, 0) is 25.7 Å². The number of nitriles is 1. The average Bonchev–Trinajstić information content (AvgIpc) is 2.46. The molecular weight excluding hydrogens is 160 g/mol. The van der Waals surface area contributed by atoms with E-state index in [-0.39, 0.29) is 5.92 Å². The van der Waals surface area contributed by atoms with Crippen LogP contribution < -0.4 is 0 Å². The van der Waals surface area contributed by atoms with Crippen molar-refractivity contribution in [2.24, 2.45) is 11.8 Å². The molecule has 0 aliphatic carbocycles. The van der Waals surface area contributed by atoms with Gasteiger partial charge in [0, 0.05) is 19.1 Å². The van der Waals surface area contributed by atoms with E-state index in [2.05, 4.69) is 24.8 Å². The average molecular weight is 180 g/mol. The Labute approximate surface area is 81.5 Å². The summed E-state index contributed by atoms with van der Waals surface area (Å²) >= 11 is 0. The molecule has 0 spiro atoms. The van der Waals surface area contributed by atoms with Crippen LogP contribution in [0.15, 0.2) is 0 Å². The molecule has 0 saturated carbocycles. The van der Waals surface area contributed by atoms with Crippen LogP contribution in [-0.4, -0.2) is 24.0 Å². The first kappa shape index (κ1) is 10.5.